The number of aromatic nitrogens is 3. The zero-order valence-corrected chi connectivity index (χ0v) is 10.2. The minimum atomic E-state index is 0.285. The second-order valence-corrected chi connectivity index (χ2v) is 4.31. The van der Waals surface area contributed by atoms with E-state index < -0.39 is 0 Å². The van der Waals surface area contributed by atoms with Gasteiger partial charge in [-0.2, -0.15) is 5.10 Å². The molecule has 0 aliphatic carbocycles. The number of nitrogens with one attached hydrogen (secondary N) is 1. The standard InChI is InChI=1S/C11H20N4O/c1-4-5-10-13-11(15(2)14-10)9-6-8(16-3)7-12-9/h8-9,12H,4-7H2,1-3H3. The third kappa shape index (κ3) is 2.25. The molecule has 5 heteroatoms. The van der Waals surface area contributed by atoms with E-state index in [1.54, 1.807) is 7.11 Å². The predicted octanol–water partition coefficient (Wildman–Crippen LogP) is 0.817. The summed E-state index contributed by atoms with van der Waals surface area (Å²) in [6.07, 6.45) is 3.32. The third-order valence-electron chi connectivity index (χ3n) is 3.05. The van der Waals surface area contributed by atoms with Gasteiger partial charge in [0.05, 0.1) is 12.1 Å². The van der Waals surface area contributed by atoms with Crippen molar-refractivity contribution in [3.8, 4) is 0 Å². The highest BCUT2D eigenvalue weighted by molar-refractivity contribution is 5.02. The lowest BCUT2D eigenvalue weighted by Crippen LogP contribution is -2.18. The van der Waals surface area contributed by atoms with Crippen LogP contribution >= 0.6 is 0 Å². The van der Waals surface area contributed by atoms with Crippen LogP contribution in [0, 0.1) is 0 Å². The second-order valence-electron chi connectivity index (χ2n) is 4.31. The Bertz CT molecular complexity index is 350. The van der Waals surface area contributed by atoms with E-state index >= 15 is 0 Å². The molecule has 0 spiro atoms. The zero-order chi connectivity index (χ0) is 11.5. The van der Waals surface area contributed by atoms with Crippen LogP contribution in [0.15, 0.2) is 0 Å². The van der Waals surface area contributed by atoms with Gasteiger partial charge < -0.3 is 10.1 Å². The van der Waals surface area contributed by atoms with Gasteiger partial charge in [0, 0.05) is 27.1 Å². The minimum Gasteiger partial charge on any atom is -0.380 e. The highest BCUT2D eigenvalue weighted by Gasteiger charge is 2.28. The largest absolute Gasteiger partial charge is 0.380 e. The summed E-state index contributed by atoms with van der Waals surface area (Å²) in [5.74, 6) is 1.98. The molecule has 90 valence electrons. The fourth-order valence-corrected chi connectivity index (χ4v) is 2.16. The van der Waals surface area contributed by atoms with Crippen LogP contribution in [0.2, 0.25) is 0 Å². The molecule has 5 nitrogen and oxygen atoms in total. The highest BCUT2D eigenvalue weighted by atomic mass is 16.5. The number of methoxy groups -OCH3 is 1. The van der Waals surface area contributed by atoms with E-state index in [2.05, 4.69) is 22.3 Å². The number of aryl methyl sites for hydroxylation is 2. The maximum atomic E-state index is 5.34. The molecule has 1 N–H and O–H groups in total. The average molecular weight is 224 g/mol. The van der Waals surface area contributed by atoms with Crippen LogP contribution in [-0.2, 0) is 18.2 Å². The molecule has 0 amide bonds. The van der Waals surface area contributed by atoms with Crippen LogP contribution in [0.25, 0.3) is 0 Å². The second kappa shape index (κ2) is 4.93. The van der Waals surface area contributed by atoms with Crippen molar-refractivity contribution >= 4 is 0 Å². The molecule has 1 saturated heterocycles. The Morgan fingerprint density at radius 1 is 1.56 bits per heavy atom. The lowest BCUT2D eigenvalue weighted by molar-refractivity contribution is 0.117. The maximum Gasteiger partial charge on any atom is 0.151 e. The summed E-state index contributed by atoms with van der Waals surface area (Å²) >= 11 is 0. The molecule has 1 aliphatic heterocycles. The van der Waals surface area contributed by atoms with E-state index in [0.717, 1.165) is 37.5 Å². The van der Waals surface area contributed by atoms with Gasteiger partial charge in [0.1, 0.15) is 5.82 Å². The number of rotatable bonds is 4. The molecule has 0 radical (unpaired) electrons. The van der Waals surface area contributed by atoms with E-state index in [0.29, 0.717) is 6.10 Å². The van der Waals surface area contributed by atoms with Crippen LogP contribution in [0.3, 0.4) is 0 Å². The number of nitrogens with zero attached hydrogens (tertiary/aromatic N) is 3. The number of hydrogen-bond donors (Lipinski definition) is 1. The summed E-state index contributed by atoms with van der Waals surface area (Å²) in [5, 5.41) is 7.84. The van der Waals surface area contributed by atoms with E-state index in [4.69, 9.17) is 4.74 Å². The summed E-state index contributed by atoms with van der Waals surface area (Å²) < 4.78 is 7.23. The Morgan fingerprint density at radius 3 is 3.00 bits per heavy atom. The lowest BCUT2D eigenvalue weighted by atomic mass is 10.2. The van der Waals surface area contributed by atoms with E-state index in [1.165, 1.54) is 0 Å². The number of hydrogen-bond acceptors (Lipinski definition) is 4. The van der Waals surface area contributed by atoms with Crippen LogP contribution in [-0.4, -0.2) is 34.5 Å². The van der Waals surface area contributed by atoms with Crippen molar-refractivity contribution in [3.05, 3.63) is 11.6 Å². The van der Waals surface area contributed by atoms with Crippen molar-refractivity contribution in [2.45, 2.75) is 38.3 Å². The smallest absolute Gasteiger partial charge is 0.151 e. The molecule has 2 atom stereocenters. The normalized spacial score (nSPS) is 25.2. The molecular formula is C11H20N4O. The molecule has 0 saturated carbocycles. The molecule has 1 aromatic rings. The van der Waals surface area contributed by atoms with Gasteiger partial charge in [-0.25, -0.2) is 4.98 Å². The summed E-state index contributed by atoms with van der Waals surface area (Å²) in [4.78, 5) is 4.58. The molecule has 0 bridgehead atoms. The number of ether oxygens (including phenoxy) is 1. The lowest BCUT2D eigenvalue weighted by Gasteiger charge is -2.08. The topological polar surface area (TPSA) is 52.0 Å². The first-order valence-electron chi connectivity index (χ1n) is 5.90. The Morgan fingerprint density at radius 2 is 2.38 bits per heavy atom. The van der Waals surface area contributed by atoms with Gasteiger partial charge in [0.2, 0.25) is 0 Å². The quantitative estimate of drug-likeness (QED) is 0.822. The van der Waals surface area contributed by atoms with Gasteiger partial charge >= 0.3 is 0 Å². The fraction of sp³-hybridized carbons (Fsp3) is 0.818. The molecular weight excluding hydrogens is 204 g/mol. The van der Waals surface area contributed by atoms with Crippen LogP contribution in [0.4, 0.5) is 0 Å². The first-order valence-corrected chi connectivity index (χ1v) is 5.90. The highest BCUT2D eigenvalue weighted by Crippen LogP contribution is 2.23. The first-order chi connectivity index (χ1) is 7.74. The summed E-state index contributed by atoms with van der Waals surface area (Å²) in [5.41, 5.74) is 0. The van der Waals surface area contributed by atoms with Gasteiger partial charge in [-0.1, -0.05) is 6.92 Å². The van der Waals surface area contributed by atoms with Gasteiger partial charge in [-0.15, -0.1) is 0 Å². The van der Waals surface area contributed by atoms with Crippen LogP contribution < -0.4 is 5.32 Å². The summed E-state index contributed by atoms with van der Waals surface area (Å²) in [6, 6.07) is 0.285. The Labute approximate surface area is 96.2 Å². The summed E-state index contributed by atoms with van der Waals surface area (Å²) in [6.45, 7) is 3.04. The Kier molecular flexibility index (Phi) is 3.56. The molecule has 16 heavy (non-hydrogen) atoms. The van der Waals surface area contributed by atoms with E-state index in [-0.39, 0.29) is 6.04 Å². The van der Waals surface area contributed by atoms with E-state index in [1.807, 2.05) is 11.7 Å². The average Bonchev–Trinajstić information content (AvgIpc) is 2.85. The molecule has 1 aromatic heterocycles. The monoisotopic (exact) mass is 224 g/mol. The van der Waals surface area contributed by atoms with Gasteiger partial charge in [-0.05, 0) is 12.8 Å². The summed E-state index contributed by atoms with van der Waals surface area (Å²) in [7, 11) is 3.72. The van der Waals surface area contributed by atoms with Crippen LogP contribution in [0.5, 0.6) is 0 Å². The Hall–Kier alpha value is -0.940. The first kappa shape index (κ1) is 11.5. The minimum absolute atomic E-state index is 0.285. The zero-order valence-electron chi connectivity index (χ0n) is 10.2. The third-order valence-corrected chi connectivity index (χ3v) is 3.05. The van der Waals surface area contributed by atoms with Gasteiger partial charge in [0.25, 0.3) is 0 Å². The molecule has 2 rings (SSSR count). The van der Waals surface area contributed by atoms with Crippen molar-refractivity contribution in [2.24, 2.45) is 7.05 Å². The van der Waals surface area contributed by atoms with Crippen molar-refractivity contribution in [2.75, 3.05) is 13.7 Å². The fourth-order valence-electron chi connectivity index (χ4n) is 2.16. The van der Waals surface area contributed by atoms with Crippen molar-refractivity contribution < 1.29 is 4.74 Å². The van der Waals surface area contributed by atoms with Crippen molar-refractivity contribution in [3.63, 3.8) is 0 Å². The predicted molar refractivity (Wildman–Crippen MR) is 61.2 cm³/mol. The maximum absolute atomic E-state index is 5.34. The van der Waals surface area contributed by atoms with E-state index in [9.17, 15) is 0 Å². The van der Waals surface area contributed by atoms with Crippen molar-refractivity contribution in [1.29, 1.82) is 0 Å². The SMILES string of the molecule is CCCc1nc(C2CC(OC)CN2)n(C)n1. The molecule has 0 aromatic carbocycles. The molecule has 1 aliphatic rings. The molecule has 2 heterocycles. The molecule has 1 fully saturated rings. The van der Waals surface area contributed by atoms with Crippen LogP contribution in [0.1, 0.15) is 37.5 Å². The Balaban J connectivity index is 2.08. The van der Waals surface area contributed by atoms with Gasteiger partial charge in [0.15, 0.2) is 5.82 Å². The molecule has 2 unspecified atom stereocenters. The van der Waals surface area contributed by atoms with Gasteiger partial charge in [-0.3, -0.25) is 4.68 Å². The van der Waals surface area contributed by atoms with Crippen molar-refractivity contribution in [1.82, 2.24) is 20.1 Å².